The van der Waals surface area contributed by atoms with Crippen molar-refractivity contribution < 1.29 is 47.2 Å². The number of carbonyl (C=O) groups excluding carboxylic acids is 2. The van der Waals surface area contributed by atoms with E-state index in [4.69, 9.17) is 18.5 Å². The van der Waals surface area contributed by atoms with Crippen molar-refractivity contribution in [2.45, 2.75) is 167 Å². The molecule has 0 aliphatic heterocycles. The van der Waals surface area contributed by atoms with E-state index in [1.165, 1.54) is 32.1 Å². The van der Waals surface area contributed by atoms with E-state index in [0.29, 0.717) is 30.3 Å². The van der Waals surface area contributed by atoms with E-state index in [0.717, 1.165) is 77.0 Å². The number of aliphatic hydroxyl groups is 1. The van der Waals surface area contributed by atoms with Gasteiger partial charge in [-0.05, 0) is 83.5 Å². The number of esters is 2. The van der Waals surface area contributed by atoms with Gasteiger partial charge in [-0.2, -0.15) is 0 Å². The minimum absolute atomic E-state index is 0.00929. The highest BCUT2D eigenvalue weighted by molar-refractivity contribution is 7.47. The third-order valence-electron chi connectivity index (χ3n) is 9.63. The second-order valence-corrected chi connectivity index (χ2v) is 18.4. The maximum absolute atomic E-state index is 12.7. The molecule has 0 saturated heterocycles. The SMILES string of the molecule is CC/C=C\C/C=C\C/C=C\C/C=C\C=C/C(O)C/C=C\CCC(=O)O[C@H](COC(=O)CCCCCCCC/C=C\C/C=C\C/C=C\CCCCCC)COP(=O)(O)OCC[N+](C)(C)C. The number of allylic oxidation sites excluding steroid dienone is 16. The van der Waals surface area contributed by atoms with Gasteiger partial charge in [0.05, 0.1) is 33.9 Å². The zero-order valence-electron chi connectivity index (χ0n) is 40.6. The Labute approximate surface area is 389 Å². The van der Waals surface area contributed by atoms with Crippen LogP contribution in [-0.2, 0) is 32.7 Å². The number of ether oxygens (including phenoxy) is 2. The van der Waals surface area contributed by atoms with E-state index in [9.17, 15) is 24.2 Å². The summed E-state index contributed by atoms with van der Waals surface area (Å²) in [5, 5.41) is 10.3. The Morgan fingerprint density at radius 3 is 1.70 bits per heavy atom. The van der Waals surface area contributed by atoms with E-state index >= 15 is 0 Å². The van der Waals surface area contributed by atoms with E-state index < -0.39 is 38.6 Å². The van der Waals surface area contributed by atoms with Gasteiger partial charge < -0.3 is 24.0 Å². The van der Waals surface area contributed by atoms with Crippen LogP contribution in [0.2, 0.25) is 0 Å². The van der Waals surface area contributed by atoms with Crippen LogP contribution in [0.25, 0.3) is 0 Å². The van der Waals surface area contributed by atoms with Crippen molar-refractivity contribution in [3.63, 3.8) is 0 Å². The summed E-state index contributed by atoms with van der Waals surface area (Å²) in [6.45, 7) is 4.05. The summed E-state index contributed by atoms with van der Waals surface area (Å²) in [6, 6.07) is 0. The zero-order valence-corrected chi connectivity index (χ0v) is 41.5. The van der Waals surface area contributed by atoms with Crippen molar-refractivity contribution in [1.82, 2.24) is 0 Å². The molecule has 364 valence electrons. The molecule has 0 saturated carbocycles. The molecule has 2 N–H and O–H groups in total. The van der Waals surface area contributed by atoms with Crippen LogP contribution in [0.1, 0.15) is 155 Å². The van der Waals surface area contributed by atoms with Crippen molar-refractivity contribution in [2.24, 2.45) is 0 Å². The number of nitrogens with zero attached hydrogens (tertiary/aromatic N) is 1. The van der Waals surface area contributed by atoms with Gasteiger partial charge in [0.1, 0.15) is 19.8 Å². The summed E-state index contributed by atoms with van der Waals surface area (Å²) in [4.78, 5) is 35.5. The number of aliphatic hydroxyl groups excluding tert-OH is 1. The molecule has 64 heavy (non-hydrogen) atoms. The molecule has 0 amide bonds. The molecule has 11 heteroatoms. The Balaban J connectivity index is 4.55. The number of quaternary nitrogens is 1. The summed E-state index contributed by atoms with van der Waals surface area (Å²) in [5.74, 6) is -1.01. The fourth-order valence-electron chi connectivity index (χ4n) is 5.84. The molecule has 0 rings (SSSR count). The van der Waals surface area contributed by atoms with Crippen molar-refractivity contribution in [1.29, 1.82) is 0 Å². The molecule has 0 aliphatic rings. The second kappa shape index (κ2) is 43.5. The lowest BCUT2D eigenvalue weighted by Crippen LogP contribution is -2.37. The molecule has 0 radical (unpaired) electrons. The minimum atomic E-state index is -4.44. The first-order valence-corrected chi connectivity index (χ1v) is 25.7. The second-order valence-electron chi connectivity index (χ2n) is 17.0. The Kier molecular flexibility index (Phi) is 41.2. The van der Waals surface area contributed by atoms with Gasteiger partial charge in [-0.25, -0.2) is 4.57 Å². The fraction of sp³-hybridized carbons (Fsp3) is 0.623. The van der Waals surface area contributed by atoms with Gasteiger partial charge in [0.15, 0.2) is 6.10 Å². The number of hydrogen-bond acceptors (Lipinski definition) is 8. The first-order chi connectivity index (χ1) is 30.9. The molecule has 10 nitrogen and oxygen atoms in total. The highest BCUT2D eigenvalue weighted by Crippen LogP contribution is 2.43. The molecule has 0 fully saturated rings. The van der Waals surface area contributed by atoms with Crippen LogP contribution in [0, 0.1) is 0 Å². The molecule has 3 atom stereocenters. The van der Waals surface area contributed by atoms with E-state index in [-0.39, 0.29) is 26.1 Å². The van der Waals surface area contributed by atoms with Gasteiger partial charge in [0, 0.05) is 12.8 Å². The predicted octanol–water partition coefficient (Wildman–Crippen LogP) is 13.3. The average molecular weight is 915 g/mol. The first-order valence-electron chi connectivity index (χ1n) is 24.2. The lowest BCUT2D eigenvalue weighted by Gasteiger charge is -2.24. The summed E-state index contributed by atoms with van der Waals surface area (Å²) in [6.07, 6.45) is 56.0. The lowest BCUT2D eigenvalue weighted by molar-refractivity contribution is -0.870. The van der Waals surface area contributed by atoms with Crippen molar-refractivity contribution in [2.75, 3.05) is 47.5 Å². The summed E-state index contributed by atoms with van der Waals surface area (Å²) in [7, 11) is 1.34. The molecule has 0 aromatic heterocycles. The van der Waals surface area contributed by atoms with Gasteiger partial charge in [-0.3, -0.25) is 18.6 Å². The van der Waals surface area contributed by atoms with Gasteiger partial charge in [-0.1, -0.05) is 168 Å². The van der Waals surface area contributed by atoms with Gasteiger partial charge in [0.2, 0.25) is 0 Å². The quantitative estimate of drug-likeness (QED) is 0.0154. The molecular weight excluding hydrogens is 826 g/mol. The minimum Gasteiger partial charge on any atom is -0.462 e. The summed E-state index contributed by atoms with van der Waals surface area (Å²) >= 11 is 0. The van der Waals surface area contributed by atoms with Crippen molar-refractivity contribution in [3.8, 4) is 0 Å². The third-order valence-corrected chi connectivity index (χ3v) is 10.6. The molecule has 0 bridgehead atoms. The number of phosphoric acid groups is 1. The number of rotatable bonds is 42. The van der Waals surface area contributed by atoms with Crippen LogP contribution in [0.4, 0.5) is 0 Å². The van der Waals surface area contributed by atoms with Crippen molar-refractivity contribution >= 4 is 19.8 Å². The molecular formula is C53H89NO9P+. The van der Waals surface area contributed by atoms with Gasteiger partial charge >= 0.3 is 19.8 Å². The Bertz CT molecular complexity index is 1470. The van der Waals surface area contributed by atoms with Crippen molar-refractivity contribution in [3.05, 3.63) is 109 Å². The number of phosphoric ester groups is 1. The zero-order chi connectivity index (χ0) is 47.3. The van der Waals surface area contributed by atoms with Crippen LogP contribution in [-0.4, -0.2) is 86.1 Å². The van der Waals surface area contributed by atoms with Crippen LogP contribution >= 0.6 is 7.82 Å². The highest BCUT2D eigenvalue weighted by atomic mass is 31.2. The Morgan fingerprint density at radius 2 is 1.11 bits per heavy atom. The first kappa shape index (κ1) is 60.6. The maximum Gasteiger partial charge on any atom is 0.472 e. The van der Waals surface area contributed by atoms with Crippen LogP contribution < -0.4 is 0 Å². The fourth-order valence-corrected chi connectivity index (χ4v) is 6.58. The highest BCUT2D eigenvalue weighted by Gasteiger charge is 2.27. The van der Waals surface area contributed by atoms with Crippen LogP contribution in [0.5, 0.6) is 0 Å². The number of likely N-dealkylation sites (N-methyl/N-ethyl adjacent to an activating group) is 1. The lowest BCUT2D eigenvalue weighted by atomic mass is 10.1. The molecule has 0 aromatic carbocycles. The molecule has 0 aromatic rings. The molecule has 0 spiro atoms. The molecule has 2 unspecified atom stereocenters. The number of carbonyl (C=O) groups is 2. The Morgan fingerprint density at radius 1 is 0.578 bits per heavy atom. The molecule has 0 heterocycles. The van der Waals surface area contributed by atoms with Gasteiger partial charge in [-0.15, -0.1) is 0 Å². The summed E-state index contributed by atoms with van der Waals surface area (Å²) in [5.41, 5.74) is 0. The van der Waals surface area contributed by atoms with Crippen LogP contribution in [0.3, 0.4) is 0 Å². The standard InChI is InChI=1S/C53H88NO9P/c1-6-8-10-12-14-16-18-20-21-22-23-24-25-26-28-30-32-34-36-40-44-52(56)60-48-51(49-62-64(58,59)61-47-46-54(3,4)5)63-53(57)45-41-37-39-43-50(55)42-38-35-33-31-29-27-19-17-15-13-11-9-7-2/h9,11,15-18,21-22,24-25,27,29,33,35,37-39,42,50-51,55H,6-8,10,12-14,19-20,23,26,28,30-32,34,36,40-41,43-49H2,1-5H3/p+1/b11-9-,17-15-,18-16-,22-21-,25-24-,29-27-,35-33-,39-37-,42-38-/t50?,51-/m1/s1. The average Bonchev–Trinajstić information content (AvgIpc) is 3.24. The van der Waals surface area contributed by atoms with E-state index in [1.807, 2.05) is 39.4 Å². The maximum atomic E-state index is 12.7. The molecule has 0 aliphatic carbocycles. The smallest absolute Gasteiger partial charge is 0.462 e. The van der Waals surface area contributed by atoms with E-state index in [1.54, 1.807) is 18.2 Å². The monoisotopic (exact) mass is 915 g/mol. The van der Waals surface area contributed by atoms with E-state index in [2.05, 4.69) is 86.8 Å². The topological polar surface area (TPSA) is 129 Å². The Hall–Kier alpha value is -3.37. The normalized spacial score (nSPS) is 14.9. The number of unbranched alkanes of at least 4 members (excludes halogenated alkanes) is 10. The third kappa shape index (κ3) is 46.6. The summed E-state index contributed by atoms with van der Waals surface area (Å²) < 4.78 is 34.2. The van der Waals surface area contributed by atoms with Gasteiger partial charge in [0.25, 0.3) is 0 Å². The predicted molar refractivity (Wildman–Crippen MR) is 267 cm³/mol. The number of hydrogen-bond donors (Lipinski definition) is 2. The largest absolute Gasteiger partial charge is 0.472 e. The van der Waals surface area contributed by atoms with Crippen LogP contribution in [0.15, 0.2) is 109 Å².